The van der Waals surface area contributed by atoms with Crippen LogP contribution in [0.5, 0.6) is 0 Å². The number of pyridine rings is 1. The quantitative estimate of drug-likeness (QED) is 0.830. The Labute approximate surface area is 120 Å². The van der Waals surface area contributed by atoms with Gasteiger partial charge in [-0.25, -0.2) is 0 Å². The predicted molar refractivity (Wildman–Crippen MR) is 78.3 cm³/mol. The van der Waals surface area contributed by atoms with Crippen LogP contribution in [0.25, 0.3) is 0 Å². The van der Waals surface area contributed by atoms with E-state index in [1.807, 2.05) is 12.3 Å². The van der Waals surface area contributed by atoms with E-state index in [-0.39, 0.29) is 0 Å². The van der Waals surface area contributed by atoms with Crippen LogP contribution in [0.4, 0.5) is 0 Å². The molecule has 0 radical (unpaired) electrons. The van der Waals surface area contributed by atoms with Crippen molar-refractivity contribution in [2.45, 2.75) is 31.8 Å². The normalized spacial score (nSPS) is 29.2. The lowest BCUT2D eigenvalue weighted by molar-refractivity contribution is 0.187. The van der Waals surface area contributed by atoms with Gasteiger partial charge in [0.15, 0.2) is 0 Å². The second-order valence-corrected chi connectivity index (χ2v) is 6.46. The van der Waals surface area contributed by atoms with Crippen LogP contribution >= 0.6 is 11.6 Å². The Balaban J connectivity index is 1.74. The number of hydrogen-bond acceptors (Lipinski definition) is 3. The highest BCUT2D eigenvalue weighted by Gasteiger charge is 2.30. The first-order chi connectivity index (χ1) is 9.22. The maximum absolute atomic E-state index is 6.26. The highest BCUT2D eigenvalue weighted by atomic mass is 35.5. The first-order valence-electron chi connectivity index (χ1n) is 7.23. The van der Waals surface area contributed by atoms with E-state index in [0.717, 1.165) is 29.6 Å². The number of rotatable bonds is 2. The van der Waals surface area contributed by atoms with E-state index in [9.17, 15) is 0 Å². The Hall–Kier alpha value is -0.640. The summed E-state index contributed by atoms with van der Waals surface area (Å²) in [6, 6.07) is 2.60. The van der Waals surface area contributed by atoms with E-state index in [4.69, 9.17) is 11.6 Å². The fourth-order valence-electron chi connectivity index (χ4n) is 3.52. The fourth-order valence-corrected chi connectivity index (χ4v) is 3.69. The van der Waals surface area contributed by atoms with E-state index >= 15 is 0 Å². The first-order valence-corrected chi connectivity index (χ1v) is 7.61. The van der Waals surface area contributed by atoms with Gasteiger partial charge in [-0.1, -0.05) is 18.0 Å². The van der Waals surface area contributed by atoms with Crippen LogP contribution in [0.15, 0.2) is 18.5 Å². The van der Waals surface area contributed by atoms with Crippen molar-refractivity contribution in [1.29, 1.82) is 0 Å². The average Bonchev–Trinajstić information content (AvgIpc) is 2.61. The zero-order valence-electron chi connectivity index (χ0n) is 11.6. The van der Waals surface area contributed by atoms with Gasteiger partial charge in [0, 0.05) is 55.2 Å². The maximum Gasteiger partial charge on any atom is 0.0481 e. The van der Waals surface area contributed by atoms with Gasteiger partial charge in [0.05, 0.1) is 0 Å². The molecule has 1 aromatic heterocycles. The zero-order valence-corrected chi connectivity index (χ0v) is 12.3. The van der Waals surface area contributed by atoms with E-state index in [1.165, 1.54) is 32.4 Å². The molecule has 0 N–H and O–H groups in total. The number of nitrogens with zero attached hydrogens (tertiary/aromatic N) is 3. The molecular formula is C15H22ClN3. The Kier molecular flexibility index (Phi) is 4.06. The minimum absolute atomic E-state index is 0.711. The van der Waals surface area contributed by atoms with Crippen molar-refractivity contribution in [2.24, 2.45) is 5.92 Å². The third-order valence-electron chi connectivity index (χ3n) is 4.54. The second kappa shape index (κ2) is 5.78. The van der Waals surface area contributed by atoms with Crippen LogP contribution in [0, 0.1) is 5.92 Å². The standard InChI is InChI=1S/C15H22ClN3/c1-18-8-12-3-2-4-14(18)11-19(9-12)10-13-7-17-6-5-15(13)16/h5-7,12,14H,2-4,8-11H2,1H3/t12-,14-/m0/s1. The topological polar surface area (TPSA) is 19.4 Å². The molecule has 2 atom stereocenters. The number of likely N-dealkylation sites (tertiary alicyclic amines) is 1. The lowest BCUT2D eigenvalue weighted by Gasteiger charge is -2.29. The molecule has 2 aliphatic heterocycles. The van der Waals surface area contributed by atoms with Gasteiger partial charge < -0.3 is 4.90 Å². The van der Waals surface area contributed by atoms with Gasteiger partial charge in [-0.3, -0.25) is 9.88 Å². The van der Waals surface area contributed by atoms with E-state index < -0.39 is 0 Å². The van der Waals surface area contributed by atoms with Gasteiger partial charge in [-0.15, -0.1) is 0 Å². The molecular weight excluding hydrogens is 258 g/mol. The maximum atomic E-state index is 6.26. The summed E-state index contributed by atoms with van der Waals surface area (Å²) >= 11 is 6.26. The van der Waals surface area contributed by atoms with Crippen molar-refractivity contribution in [3.63, 3.8) is 0 Å². The Morgan fingerprint density at radius 3 is 3.05 bits per heavy atom. The van der Waals surface area contributed by atoms with Crippen LogP contribution in [0.3, 0.4) is 0 Å². The molecule has 0 aliphatic carbocycles. The second-order valence-electron chi connectivity index (χ2n) is 6.05. The van der Waals surface area contributed by atoms with Gasteiger partial charge in [-0.05, 0) is 31.9 Å². The van der Waals surface area contributed by atoms with Gasteiger partial charge in [0.2, 0.25) is 0 Å². The highest BCUT2D eigenvalue weighted by molar-refractivity contribution is 6.31. The number of aromatic nitrogens is 1. The summed E-state index contributed by atoms with van der Waals surface area (Å²) in [6.45, 7) is 4.56. The van der Waals surface area contributed by atoms with Crippen LogP contribution in [-0.4, -0.2) is 47.5 Å². The number of hydrogen-bond donors (Lipinski definition) is 0. The Morgan fingerprint density at radius 1 is 1.32 bits per heavy atom. The van der Waals surface area contributed by atoms with Crippen molar-refractivity contribution in [1.82, 2.24) is 14.8 Å². The molecule has 2 fully saturated rings. The third kappa shape index (κ3) is 3.10. The number of halogens is 1. The molecule has 19 heavy (non-hydrogen) atoms. The molecule has 3 rings (SSSR count). The largest absolute Gasteiger partial charge is 0.302 e. The molecule has 104 valence electrons. The monoisotopic (exact) mass is 279 g/mol. The van der Waals surface area contributed by atoms with Crippen molar-refractivity contribution >= 4 is 11.6 Å². The molecule has 1 aromatic rings. The highest BCUT2D eigenvalue weighted by Crippen LogP contribution is 2.27. The van der Waals surface area contributed by atoms with Crippen molar-refractivity contribution < 1.29 is 0 Å². The molecule has 2 saturated heterocycles. The fraction of sp³-hybridized carbons (Fsp3) is 0.667. The van der Waals surface area contributed by atoms with Crippen LogP contribution < -0.4 is 0 Å². The molecule has 4 heteroatoms. The Bertz CT molecular complexity index is 437. The molecule has 3 nitrogen and oxygen atoms in total. The minimum atomic E-state index is 0.711. The van der Waals surface area contributed by atoms with E-state index in [0.29, 0.717) is 6.04 Å². The SMILES string of the molecule is CN1C[C@@H]2CCC[C@H]1CN(Cc1cnccc1Cl)C2. The number of likely N-dealkylation sites (N-methyl/N-ethyl adjacent to an activating group) is 1. The summed E-state index contributed by atoms with van der Waals surface area (Å²) in [5, 5.41) is 0.845. The van der Waals surface area contributed by atoms with Gasteiger partial charge in [0.25, 0.3) is 0 Å². The molecule has 3 heterocycles. The summed E-state index contributed by atoms with van der Waals surface area (Å²) in [6.07, 6.45) is 7.77. The van der Waals surface area contributed by atoms with Crippen molar-refractivity contribution in [2.75, 3.05) is 26.7 Å². The molecule has 0 saturated carbocycles. The summed E-state index contributed by atoms with van der Waals surface area (Å²) in [4.78, 5) is 9.33. The van der Waals surface area contributed by atoms with E-state index in [1.54, 1.807) is 6.20 Å². The summed E-state index contributed by atoms with van der Waals surface area (Å²) in [7, 11) is 2.28. The van der Waals surface area contributed by atoms with Crippen LogP contribution in [0.1, 0.15) is 24.8 Å². The Morgan fingerprint density at radius 2 is 2.21 bits per heavy atom. The predicted octanol–water partition coefficient (Wildman–Crippen LogP) is 2.65. The summed E-state index contributed by atoms with van der Waals surface area (Å²) in [5.74, 6) is 0.813. The minimum Gasteiger partial charge on any atom is -0.302 e. The summed E-state index contributed by atoms with van der Waals surface area (Å²) < 4.78 is 0. The molecule has 0 amide bonds. The van der Waals surface area contributed by atoms with Gasteiger partial charge >= 0.3 is 0 Å². The van der Waals surface area contributed by atoms with E-state index in [2.05, 4.69) is 21.8 Å². The van der Waals surface area contributed by atoms with Crippen LogP contribution in [0.2, 0.25) is 5.02 Å². The van der Waals surface area contributed by atoms with Crippen molar-refractivity contribution in [3.8, 4) is 0 Å². The molecule has 2 aliphatic rings. The molecule has 2 bridgehead atoms. The van der Waals surface area contributed by atoms with Crippen LogP contribution in [-0.2, 0) is 6.54 Å². The van der Waals surface area contributed by atoms with Crippen molar-refractivity contribution in [3.05, 3.63) is 29.0 Å². The average molecular weight is 280 g/mol. The molecule has 0 aromatic carbocycles. The van der Waals surface area contributed by atoms with Gasteiger partial charge in [0.1, 0.15) is 0 Å². The number of fused-ring (bicyclic) bond motifs is 3. The molecule has 0 spiro atoms. The first kappa shape index (κ1) is 13.3. The molecule has 0 unspecified atom stereocenters. The lowest BCUT2D eigenvalue weighted by Crippen LogP contribution is -2.38. The van der Waals surface area contributed by atoms with Gasteiger partial charge in [-0.2, -0.15) is 0 Å². The summed E-state index contributed by atoms with van der Waals surface area (Å²) in [5.41, 5.74) is 1.16. The lowest BCUT2D eigenvalue weighted by atomic mass is 9.99. The third-order valence-corrected chi connectivity index (χ3v) is 4.91. The zero-order chi connectivity index (χ0) is 13.2. The smallest absolute Gasteiger partial charge is 0.0481 e.